The van der Waals surface area contributed by atoms with Gasteiger partial charge < -0.3 is 20.4 Å². The van der Waals surface area contributed by atoms with Gasteiger partial charge in [-0.15, -0.1) is 0 Å². The number of benzene rings is 2. The first-order chi connectivity index (χ1) is 15.3. The molecule has 1 aliphatic heterocycles. The Labute approximate surface area is 188 Å². The van der Waals surface area contributed by atoms with Crippen molar-refractivity contribution in [2.24, 2.45) is 0 Å². The maximum atomic E-state index is 13.1. The summed E-state index contributed by atoms with van der Waals surface area (Å²) >= 11 is 0. The third-order valence-corrected chi connectivity index (χ3v) is 6.19. The minimum atomic E-state index is -0.609. The van der Waals surface area contributed by atoms with Crippen LogP contribution in [-0.4, -0.2) is 59.9 Å². The minimum absolute atomic E-state index is 0.0617. The fraction of sp³-hybridized carbons (Fsp3) is 0.400. The maximum absolute atomic E-state index is 13.1. The molecule has 2 fully saturated rings. The van der Waals surface area contributed by atoms with E-state index >= 15 is 0 Å². The largest absolute Gasteiger partial charge is 0.338 e. The van der Waals surface area contributed by atoms with Crippen LogP contribution >= 0.6 is 0 Å². The molecule has 4 rings (SSSR count). The molecule has 4 amide bonds. The summed E-state index contributed by atoms with van der Waals surface area (Å²) in [5.74, 6) is 0.0177. The van der Waals surface area contributed by atoms with Crippen molar-refractivity contribution in [2.75, 3.05) is 31.5 Å². The lowest BCUT2D eigenvalue weighted by Gasteiger charge is -2.38. The Balaban J connectivity index is 1.31. The highest BCUT2D eigenvalue weighted by molar-refractivity contribution is 5.96. The molecule has 1 heterocycles. The van der Waals surface area contributed by atoms with Gasteiger partial charge in [-0.05, 0) is 56.5 Å². The second-order valence-electron chi connectivity index (χ2n) is 9.03. The number of hydrogen-bond donors (Lipinski definition) is 2. The van der Waals surface area contributed by atoms with Crippen LogP contribution in [0, 0.1) is 0 Å². The van der Waals surface area contributed by atoms with Gasteiger partial charge in [0.1, 0.15) is 0 Å². The Hall–Kier alpha value is -3.35. The van der Waals surface area contributed by atoms with Crippen molar-refractivity contribution in [1.29, 1.82) is 0 Å². The van der Waals surface area contributed by atoms with E-state index in [1.165, 1.54) is 0 Å². The number of anilines is 1. The summed E-state index contributed by atoms with van der Waals surface area (Å²) in [6, 6.07) is 16.8. The Morgan fingerprint density at radius 1 is 0.844 bits per heavy atom. The molecule has 7 heteroatoms. The summed E-state index contributed by atoms with van der Waals surface area (Å²) in [4.78, 5) is 41.5. The van der Waals surface area contributed by atoms with Gasteiger partial charge in [-0.25, -0.2) is 4.79 Å². The Kier molecular flexibility index (Phi) is 6.17. The van der Waals surface area contributed by atoms with Crippen molar-refractivity contribution in [1.82, 2.24) is 15.1 Å². The van der Waals surface area contributed by atoms with E-state index in [1.807, 2.05) is 49.1 Å². The van der Waals surface area contributed by atoms with Crippen molar-refractivity contribution in [2.45, 2.75) is 38.1 Å². The highest BCUT2D eigenvalue weighted by Gasteiger charge is 2.35. The van der Waals surface area contributed by atoms with Crippen LogP contribution in [0.1, 0.15) is 42.6 Å². The van der Waals surface area contributed by atoms with Gasteiger partial charge in [0.05, 0.1) is 5.41 Å². The third kappa shape index (κ3) is 4.93. The van der Waals surface area contributed by atoms with Gasteiger partial charge >= 0.3 is 6.03 Å². The molecule has 0 bridgehead atoms. The molecule has 0 unspecified atom stereocenters. The highest BCUT2D eigenvalue weighted by atomic mass is 16.2. The number of piperazine rings is 1. The van der Waals surface area contributed by atoms with Crippen LogP contribution in [0.15, 0.2) is 54.6 Å². The molecule has 168 valence electrons. The van der Waals surface area contributed by atoms with Crippen LogP contribution < -0.4 is 10.6 Å². The van der Waals surface area contributed by atoms with Gasteiger partial charge in [0, 0.05) is 43.5 Å². The van der Waals surface area contributed by atoms with E-state index in [2.05, 4.69) is 10.6 Å². The third-order valence-electron chi connectivity index (χ3n) is 6.19. The number of carbonyl (C=O) groups is 3. The van der Waals surface area contributed by atoms with E-state index in [0.29, 0.717) is 43.5 Å². The number of rotatable bonds is 5. The van der Waals surface area contributed by atoms with Crippen LogP contribution in [-0.2, 0) is 10.2 Å². The number of carbonyl (C=O) groups excluding carboxylic acids is 3. The molecular formula is C25H30N4O3. The SMILES string of the molecule is CC(C)(C(=O)N1CCN(C(=O)c2ccc(NC(=O)NC3CC3)cc2)CC1)c1ccccc1. The predicted molar refractivity (Wildman–Crippen MR) is 124 cm³/mol. The van der Waals surface area contributed by atoms with E-state index in [1.54, 1.807) is 29.2 Å². The number of nitrogens with one attached hydrogen (secondary N) is 2. The molecule has 1 saturated carbocycles. The van der Waals surface area contributed by atoms with Gasteiger partial charge in [-0.3, -0.25) is 9.59 Å². The first-order valence-electron chi connectivity index (χ1n) is 11.2. The van der Waals surface area contributed by atoms with Crippen molar-refractivity contribution in [3.63, 3.8) is 0 Å². The maximum Gasteiger partial charge on any atom is 0.319 e. The molecule has 0 aromatic heterocycles. The summed E-state index contributed by atoms with van der Waals surface area (Å²) in [7, 11) is 0. The van der Waals surface area contributed by atoms with Crippen LogP contribution in [0.5, 0.6) is 0 Å². The first-order valence-corrected chi connectivity index (χ1v) is 11.2. The lowest BCUT2D eigenvalue weighted by molar-refractivity contribution is -0.137. The number of urea groups is 1. The first kappa shape index (κ1) is 21.9. The zero-order valence-electron chi connectivity index (χ0n) is 18.6. The van der Waals surface area contributed by atoms with Crippen molar-refractivity contribution in [3.8, 4) is 0 Å². The van der Waals surface area contributed by atoms with Gasteiger partial charge in [0.2, 0.25) is 5.91 Å². The Morgan fingerprint density at radius 2 is 1.44 bits per heavy atom. The number of hydrogen-bond acceptors (Lipinski definition) is 3. The Bertz CT molecular complexity index is 976. The molecule has 1 saturated heterocycles. The normalized spacial score (nSPS) is 16.4. The molecule has 7 nitrogen and oxygen atoms in total. The summed E-state index contributed by atoms with van der Waals surface area (Å²) in [5.41, 5.74) is 1.60. The fourth-order valence-electron chi connectivity index (χ4n) is 3.95. The van der Waals surface area contributed by atoms with E-state index in [4.69, 9.17) is 0 Å². The topological polar surface area (TPSA) is 81.8 Å². The standard InChI is InChI=1S/C25H30N4O3/c1-25(2,19-6-4-3-5-7-19)23(31)29-16-14-28(15-17-29)22(30)18-8-10-20(11-9-18)26-24(32)27-21-12-13-21/h3-11,21H,12-17H2,1-2H3,(H2,26,27,32). The van der Waals surface area contributed by atoms with Gasteiger partial charge in [-0.2, -0.15) is 0 Å². The molecule has 2 aliphatic rings. The zero-order valence-corrected chi connectivity index (χ0v) is 18.6. The summed E-state index contributed by atoms with van der Waals surface area (Å²) in [6.45, 7) is 5.92. The molecule has 0 atom stereocenters. The lowest BCUT2D eigenvalue weighted by Crippen LogP contribution is -2.54. The molecule has 2 N–H and O–H groups in total. The van der Waals surface area contributed by atoms with Crippen molar-refractivity contribution >= 4 is 23.5 Å². The van der Waals surface area contributed by atoms with E-state index in [-0.39, 0.29) is 17.8 Å². The fourth-order valence-corrected chi connectivity index (χ4v) is 3.95. The Morgan fingerprint density at radius 3 is 2.03 bits per heavy atom. The summed E-state index contributed by atoms with van der Waals surface area (Å²) < 4.78 is 0. The molecular weight excluding hydrogens is 404 g/mol. The molecule has 32 heavy (non-hydrogen) atoms. The second kappa shape index (κ2) is 9.02. The van der Waals surface area contributed by atoms with Gasteiger partial charge in [0.25, 0.3) is 5.91 Å². The van der Waals surface area contributed by atoms with Crippen LogP contribution in [0.3, 0.4) is 0 Å². The van der Waals surface area contributed by atoms with Gasteiger partial charge in [0.15, 0.2) is 0 Å². The van der Waals surface area contributed by atoms with Crippen LogP contribution in [0.2, 0.25) is 0 Å². The predicted octanol–water partition coefficient (Wildman–Crippen LogP) is 3.23. The summed E-state index contributed by atoms with van der Waals surface area (Å²) in [6.07, 6.45) is 2.06. The quantitative estimate of drug-likeness (QED) is 0.758. The van der Waals surface area contributed by atoms with Crippen LogP contribution in [0.25, 0.3) is 0 Å². The molecule has 1 aliphatic carbocycles. The monoisotopic (exact) mass is 434 g/mol. The van der Waals surface area contributed by atoms with E-state index in [9.17, 15) is 14.4 Å². The molecule has 2 aromatic rings. The summed E-state index contributed by atoms with van der Waals surface area (Å²) in [5, 5.41) is 5.65. The van der Waals surface area contributed by atoms with Gasteiger partial charge in [-0.1, -0.05) is 30.3 Å². The smallest absolute Gasteiger partial charge is 0.319 e. The average Bonchev–Trinajstić information content (AvgIpc) is 3.63. The zero-order chi connectivity index (χ0) is 22.7. The number of nitrogens with zero attached hydrogens (tertiary/aromatic N) is 2. The van der Waals surface area contributed by atoms with Crippen molar-refractivity contribution < 1.29 is 14.4 Å². The van der Waals surface area contributed by atoms with Crippen LogP contribution in [0.4, 0.5) is 10.5 Å². The minimum Gasteiger partial charge on any atom is -0.338 e. The number of amides is 4. The average molecular weight is 435 g/mol. The molecule has 2 aromatic carbocycles. The molecule has 0 radical (unpaired) electrons. The van der Waals surface area contributed by atoms with Crippen molar-refractivity contribution in [3.05, 3.63) is 65.7 Å². The highest BCUT2D eigenvalue weighted by Crippen LogP contribution is 2.26. The van der Waals surface area contributed by atoms with E-state index < -0.39 is 5.41 Å². The lowest BCUT2D eigenvalue weighted by atomic mass is 9.83. The van der Waals surface area contributed by atoms with E-state index in [0.717, 1.165) is 18.4 Å². The second-order valence-corrected chi connectivity index (χ2v) is 9.03. The molecule has 0 spiro atoms.